The summed E-state index contributed by atoms with van der Waals surface area (Å²) in [5.74, 6) is -0.0345. The minimum absolute atomic E-state index is 0.00831. The number of rotatable bonds is 3. The van der Waals surface area contributed by atoms with E-state index in [0.29, 0.717) is 30.2 Å². The Bertz CT molecular complexity index is 828. The van der Waals surface area contributed by atoms with Gasteiger partial charge in [0, 0.05) is 30.4 Å². The van der Waals surface area contributed by atoms with Crippen molar-refractivity contribution in [3.63, 3.8) is 0 Å². The largest absolute Gasteiger partial charge is 0.416 e. The standard InChI is InChI=1S/C18H21F3N4O/c1-11-16(9-17(26)24-7-6-14(22)10-24)12(2)25(23-11)15-5-3-4-13(8-15)18(19,20)21/h3-5,8,14H,6-7,9-10,22H2,1-2H3. The number of benzene rings is 1. The van der Waals surface area contributed by atoms with Crippen LogP contribution in [0.3, 0.4) is 0 Å². The highest BCUT2D eigenvalue weighted by Gasteiger charge is 2.31. The molecule has 1 saturated heterocycles. The third kappa shape index (κ3) is 3.60. The first-order valence-electron chi connectivity index (χ1n) is 8.43. The van der Waals surface area contributed by atoms with E-state index in [2.05, 4.69) is 5.10 Å². The maximum atomic E-state index is 13.0. The summed E-state index contributed by atoms with van der Waals surface area (Å²) in [6.07, 6.45) is -3.46. The Labute approximate surface area is 149 Å². The number of halogens is 3. The number of aromatic nitrogens is 2. The van der Waals surface area contributed by atoms with Crippen molar-refractivity contribution in [3.8, 4) is 5.69 Å². The van der Waals surface area contributed by atoms with Crippen molar-refractivity contribution < 1.29 is 18.0 Å². The van der Waals surface area contributed by atoms with E-state index in [1.54, 1.807) is 24.8 Å². The molecule has 8 heteroatoms. The number of hydrogen-bond donors (Lipinski definition) is 1. The highest BCUT2D eigenvalue weighted by molar-refractivity contribution is 5.79. The Morgan fingerprint density at radius 3 is 2.69 bits per heavy atom. The number of carbonyl (C=O) groups is 1. The normalized spacial score (nSPS) is 17.8. The Morgan fingerprint density at radius 2 is 2.08 bits per heavy atom. The van der Waals surface area contributed by atoms with Crippen molar-refractivity contribution in [3.05, 3.63) is 46.8 Å². The van der Waals surface area contributed by atoms with E-state index < -0.39 is 11.7 Å². The van der Waals surface area contributed by atoms with Gasteiger partial charge in [-0.2, -0.15) is 18.3 Å². The summed E-state index contributed by atoms with van der Waals surface area (Å²) in [6, 6.07) is 5.01. The van der Waals surface area contributed by atoms with E-state index in [9.17, 15) is 18.0 Å². The molecule has 2 N–H and O–H groups in total. The van der Waals surface area contributed by atoms with Crippen LogP contribution in [-0.2, 0) is 17.4 Å². The second kappa shape index (κ2) is 6.75. The van der Waals surface area contributed by atoms with Gasteiger partial charge in [0.25, 0.3) is 0 Å². The monoisotopic (exact) mass is 366 g/mol. The Balaban J connectivity index is 1.88. The summed E-state index contributed by atoms with van der Waals surface area (Å²) in [4.78, 5) is 14.2. The smallest absolute Gasteiger partial charge is 0.341 e. The molecule has 0 radical (unpaired) electrons. The van der Waals surface area contributed by atoms with Crippen LogP contribution in [0.4, 0.5) is 13.2 Å². The van der Waals surface area contributed by atoms with Gasteiger partial charge >= 0.3 is 6.18 Å². The number of amides is 1. The van der Waals surface area contributed by atoms with Crippen molar-refractivity contribution in [2.45, 2.75) is 38.9 Å². The number of likely N-dealkylation sites (tertiary alicyclic amines) is 1. The number of nitrogens with zero attached hydrogens (tertiary/aromatic N) is 3. The summed E-state index contributed by atoms with van der Waals surface area (Å²) in [5.41, 5.74) is 7.48. The highest BCUT2D eigenvalue weighted by atomic mass is 19.4. The van der Waals surface area contributed by atoms with E-state index in [1.165, 1.54) is 10.7 Å². The lowest BCUT2D eigenvalue weighted by molar-refractivity contribution is -0.137. The first kappa shape index (κ1) is 18.4. The first-order chi connectivity index (χ1) is 12.2. The molecule has 1 aromatic carbocycles. The maximum Gasteiger partial charge on any atom is 0.416 e. The van der Waals surface area contributed by atoms with E-state index in [-0.39, 0.29) is 18.4 Å². The van der Waals surface area contributed by atoms with Gasteiger partial charge in [-0.15, -0.1) is 0 Å². The van der Waals surface area contributed by atoms with Gasteiger partial charge in [-0.1, -0.05) is 6.07 Å². The number of hydrogen-bond acceptors (Lipinski definition) is 3. The summed E-state index contributed by atoms with van der Waals surface area (Å²) in [5, 5.41) is 4.35. The summed E-state index contributed by atoms with van der Waals surface area (Å²) < 4.78 is 40.3. The van der Waals surface area contributed by atoms with Gasteiger partial charge < -0.3 is 10.6 Å². The molecular formula is C18H21F3N4O. The van der Waals surface area contributed by atoms with Gasteiger partial charge in [0.15, 0.2) is 0 Å². The SMILES string of the molecule is Cc1nn(-c2cccc(C(F)(F)F)c2)c(C)c1CC(=O)N1CCC(N)C1. The lowest BCUT2D eigenvalue weighted by Gasteiger charge is -2.16. The minimum atomic E-state index is -4.42. The zero-order valence-electron chi connectivity index (χ0n) is 14.7. The van der Waals surface area contributed by atoms with Crippen LogP contribution in [0, 0.1) is 13.8 Å². The number of alkyl halides is 3. The van der Waals surface area contributed by atoms with Crippen LogP contribution in [0.25, 0.3) is 5.69 Å². The van der Waals surface area contributed by atoms with Crippen LogP contribution < -0.4 is 5.73 Å². The molecule has 5 nitrogen and oxygen atoms in total. The average molecular weight is 366 g/mol. The van der Waals surface area contributed by atoms with Gasteiger partial charge in [0.2, 0.25) is 5.91 Å². The molecule has 140 valence electrons. The fourth-order valence-corrected chi connectivity index (χ4v) is 3.27. The van der Waals surface area contributed by atoms with Crippen LogP contribution in [-0.4, -0.2) is 39.7 Å². The number of carbonyl (C=O) groups excluding carboxylic acids is 1. The van der Waals surface area contributed by atoms with E-state index >= 15 is 0 Å². The van der Waals surface area contributed by atoms with Crippen molar-refractivity contribution >= 4 is 5.91 Å². The van der Waals surface area contributed by atoms with Crippen molar-refractivity contribution in [1.82, 2.24) is 14.7 Å². The zero-order valence-corrected chi connectivity index (χ0v) is 14.7. The fraction of sp³-hybridized carbons (Fsp3) is 0.444. The van der Waals surface area contributed by atoms with Crippen molar-refractivity contribution in [2.24, 2.45) is 5.73 Å². The molecule has 1 aromatic heterocycles. The Kier molecular flexibility index (Phi) is 4.79. The molecule has 26 heavy (non-hydrogen) atoms. The van der Waals surface area contributed by atoms with Gasteiger partial charge in [-0.05, 0) is 38.5 Å². The number of aryl methyl sites for hydroxylation is 1. The first-order valence-corrected chi connectivity index (χ1v) is 8.43. The predicted molar refractivity (Wildman–Crippen MR) is 90.9 cm³/mol. The molecule has 1 unspecified atom stereocenters. The van der Waals surface area contributed by atoms with Gasteiger partial charge in [0.05, 0.1) is 23.4 Å². The maximum absolute atomic E-state index is 13.0. The van der Waals surface area contributed by atoms with Crippen molar-refractivity contribution in [2.75, 3.05) is 13.1 Å². The third-order valence-corrected chi connectivity index (χ3v) is 4.76. The molecule has 0 spiro atoms. The second-order valence-corrected chi connectivity index (χ2v) is 6.67. The van der Waals surface area contributed by atoms with Gasteiger partial charge in [0.1, 0.15) is 0 Å². The lowest BCUT2D eigenvalue weighted by Crippen LogP contribution is -2.33. The Morgan fingerprint density at radius 1 is 1.35 bits per heavy atom. The average Bonchev–Trinajstić information content (AvgIpc) is 3.13. The molecule has 3 rings (SSSR count). The molecule has 1 aliphatic rings. The second-order valence-electron chi connectivity index (χ2n) is 6.67. The minimum Gasteiger partial charge on any atom is -0.341 e. The van der Waals surface area contributed by atoms with Gasteiger partial charge in [-0.25, -0.2) is 4.68 Å². The molecular weight excluding hydrogens is 345 g/mol. The van der Waals surface area contributed by atoms with E-state index in [1.807, 2.05) is 0 Å². The quantitative estimate of drug-likeness (QED) is 0.908. The third-order valence-electron chi connectivity index (χ3n) is 4.76. The molecule has 2 heterocycles. The Hall–Kier alpha value is -2.35. The van der Waals surface area contributed by atoms with Crippen LogP contribution >= 0.6 is 0 Å². The van der Waals surface area contributed by atoms with E-state index in [4.69, 9.17) is 5.73 Å². The highest BCUT2D eigenvalue weighted by Crippen LogP contribution is 2.31. The van der Waals surface area contributed by atoms with Crippen LogP contribution in [0.1, 0.15) is 28.9 Å². The van der Waals surface area contributed by atoms with Gasteiger partial charge in [-0.3, -0.25) is 4.79 Å². The zero-order chi connectivity index (χ0) is 19.1. The molecule has 0 bridgehead atoms. The molecule has 1 atom stereocenters. The van der Waals surface area contributed by atoms with E-state index in [0.717, 1.165) is 24.1 Å². The summed E-state index contributed by atoms with van der Waals surface area (Å²) in [6.45, 7) is 4.70. The molecule has 1 amide bonds. The molecule has 0 aliphatic carbocycles. The molecule has 0 saturated carbocycles. The summed E-state index contributed by atoms with van der Waals surface area (Å²) in [7, 11) is 0. The number of nitrogens with two attached hydrogens (primary N) is 1. The van der Waals surface area contributed by atoms with Crippen LogP contribution in [0.5, 0.6) is 0 Å². The molecule has 1 fully saturated rings. The lowest BCUT2D eigenvalue weighted by atomic mass is 10.1. The van der Waals surface area contributed by atoms with Crippen molar-refractivity contribution in [1.29, 1.82) is 0 Å². The molecule has 1 aliphatic heterocycles. The predicted octanol–water partition coefficient (Wildman–Crippen LogP) is 2.61. The topological polar surface area (TPSA) is 64.2 Å². The molecule has 2 aromatic rings. The summed E-state index contributed by atoms with van der Waals surface area (Å²) >= 11 is 0. The van der Waals surface area contributed by atoms with Crippen LogP contribution in [0.15, 0.2) is 24.3 Å². The van der Waals surface area contributed by atoms with Crippen LogP contribution in [0.2, 0.25) is 0 Å². The fourth-order valence-electron chi connectivity index (χ4n) is 3.27.